The van der Waals surface area contributed by atoms with Crippen LogP contribution in [0.4, 0.5) is 11.9 Å². The first-order chi connectivity index (χ1) is 7.79. The van der Waals surface area contributed by atoms with Crippen LogP contribution in [0.2, 0.25) is 5.28 Å². The number of rotatable bonds is 4. The van der Waals surface area contributed by atoms with E-state index < -0.39 is 0 Å². The number of nitrogens with one attached hydrogen (secondary N) is 1. The van der Waals surface area contributed by atoms with Gasteiger partial charge in [0.1, 0.15) is 0 Å². The quantitative estimate of drug-likeness (QED) is 0.811. The third kappa shape index (κ3) is 2.61. The van der Waals surface area contributed by atoms with E-state index in [9.17, 15) is 0 Å². The van der Waals surface area contributed by atoms with E-state index in [1.807, 2.05) is 0 Å². The lowest BCUT2D eigenvalue weighted by molar-refractivity contribution is 0.880. The fourth-order valence-electron chi connectivity index (χ4n) is 1.64. The third-order valence-electron chi connectivity index (χ3n) is 2.39. The van der Waals surface area contributed by atoms with Crippen LogP contribution in [0, 0.1) is 0 Å². The lowest BCUT2D eigenvalue weighted by Crippen LogP contribution is -2.21. The van der Waals surface area contributed by atoms with Gasteiger partial charge in [0.2, 0.25) is 17.2 Å². The summed E-state index contributed by atoms with van der Waals surface area (Å²) >= 11 is 5.85. The Hall–Kier alpha value is -1.36. The molecule has 16 heavy (non-hydrogen) atoms. The molecule has 0 unspecified atom stereocenters. The SMILES string of the molecule is C=CCNc1nc(Cl)nc(N2CCCC2)n1. The van der Waals surface area contributed by atoms with Crippen LogP contribution in [0.5, 0.6) is 0 Å². The summed E-state index contributed by atoms with van der Waals surface area (Å²) < 4.78 is 0. The number of hydrogen-bond donors (Lipinski definition) is 1. The second kappa shape index (κ2) is 5.12. The van der Waals surface area contributed by atoms with Crippen molar-refractivity contribution >= 4 is 23.5 Å². The van der Waals surface area contributed by atoms with Gasteiger partial charge in [-0.25, -0.2) is 0 Å². The van der Waals surface area contributed by atoms with Gasteiger partial charge in [-0.1, -0.05) is 6.08 Å². The van der Waals surface area contributed by atoms with Crippen molar-refractivity contribution in [2.24, 2.45) is 0 Å². The first kappa shape index (κ1) is 11.1. The van der Waals surface area contributed by atoms with Crippen LogP contribution in [-0.2, 0) is 0 Å². The summed E-state index contributed by atoms with van der Waals surface area (Å²) in [5, 5.41) is 3.23. The molecule has 0 spiro atoms. The molecule has 0 aliphatic carbocycles. The van der Waals surface area contributed by atoms with E-state index in [0.29, 0.717) is 18.4 Å². The van der Waals surface area contributed by atoms with Crippen molar-refractivity contribution in [2.45, 2.75) is 12.8 Å². The van der Waals surface area contributed by atoms with E-state index in [4.69, 9.17) is 11.6 Å². The molecule has 86 valence electrons. The first-order valence-electron chi connectivity index (χ1n) is 5.31. The summed E-state index contributed by atoms with van der Waals surface area (Å²) in [6.45, 7) is 6.21. The van der Waals surface area contributed by atoms with Gasteiger partial charge in [0.25, 0.3) is 0 Å². The van der Waals surface area contributed by atoms with E-state index in [0.717, 1.165) is 13.1 Å². The molecule has 5 nitrogen and oxygen atoms in total. The molecule has 1 saturated heterocycles. The molecule has 0 atom stereocenters. The molecule has 1 fully saturated rings. The normalized spacial score (nSPS) is 15.2. The van der Waals surface area contributed by atoms with Crippen LogP contribution in [0.3, 0.4) is 0 Å². The Morgan fingerprint density at radius 1 is 1.31 bits per heavy atom. The Balaban J connectivity index is 2.17. The van der Waals surface area contributed by atoms with Gasteiger partial charge in [-0.15, -0.1) is 6.58 Å². The third-order valence-corrected chi connectivity index (χ3v) is 2.56. The second-order valence-electron chi connectivity index (χ2n) is 3.59. The van der Waals surface area contributed by atoms with Crippen LogP contribution in [0.15, 0.2) is 12.7 Å². The summed E-state index contributed by atoms with van der Waals surface area (Å²) in [4.78, 5) is 14.6. The van der Waals surface area contributed by atoms with Crippen molar-refractivity contribution in [1.29, 1.82) is 0 Å². The van der Waals surface area contributed by atoms with Crippen LogP contribution >= 0.6 is 11.6 Å². The van der Waals surface area contributed by atoms with Gasteiger partial charge in [-0.05, 0) is 24.4 Å². The number of anilines is 2. The van der Waals surface area contributed by atoms with Crippen molar-refractivity contribution in [1.82, 2.24) is 15.0 Å². The molecular weight excluding hydrogens is 226 g/mol. The highest BCUT2D eigenvalue weighted by Crippen LogP contribution is 2.18. The Morgan fingerprint density at radius 3 is 2.75 bits per heavy atom. The molecule has 0 bridgehead atoms. The van der Waals surface area contributed by atoms with Crippen LogP contribution in [0.25, 0.3) is 0 Å². The monoisotopic (exact) mass is 239 g/mol. The highest BCUT2D eigenvalue weighted by atomic mass is 35.5. The average molecular weight is 240 g/mol. The molecule has 2 rings (SSSR count). The van der Waals surface area contributed by atoms with Gasteiger partial charge >= 0.3 is 0 Å². The summed E-state index contributed by atoms with van der Waals surface area (Å²) in [6, 6.07) is 0. The highest BCUT2D eigenvalue weighted by Gasteiger charge is 2.16. The fraction of sp³-hybridized carbons (Fsp3) is 0.500. The molecule has 2 heterocycles. The minimum atomic E-state index is 0.225. The summed E-state index contributed by atoms with van der Waals surface area (Å²) in [6.07, 6.45) is 4.10. The molecule has 1 aromatic heterocycles. The predicted octanol–water partition coefficient (Wildman–Crippen LogP) is 1.72. The Bertz CT molecular complexity index is 375. The van der Waals surface area contributed by atoms with Gasteiger partial charge in [-0.2, -0.15) is 15.0 Å². The van der Waals surface area contributed by atoms with Gasteiger partial charge in [0.05, 0.1) is 0 Å². The largest absolute Gasteiger partial charge is 0.351 e. The van der Waals surface area contributed by atoms with Crippen molar-refractivity contribution in [3.63, 3.8) is 0 Å². The maximum Gasteiger partial charge on any atom is 0.231 e. The maximum atomic E-state index is 5.85. The van der Waals surface area contributed by atoms with Crippen LogP contribution in [-0.4, -0.2) is 34.6 Å². The number of aromatic nitrogens is 3. The molecule has 1 N–H and O–H groups in total. The van der Waals surface area contributed by atoms with E-state index in [1.165, 1.54) is 12.8 Å². The van der Waals surface area contributed by atoms with Crippen molar-refractivity contribution in [2.75, 3.05) is 29.9 Å². The Kier molecular flexibility index (Phi) is 3.56. The maximum absolute atomic E-state index is 5.85. The zero-order valence-corrected chi connectivity index (χ0v) is 9.74. The summed E-state index contributed by atoms with van der Waals surface area (Å²) in [5.41, 5.74) is 0. The molecule has 6 heteroatoms. The molecule has 1 aliphatic rings. The lowest BCUT2D eigenvalue weighted by Gasteiger charge is -2.15. The zero-order valence-electron chi connectivity index (χ0n) is 8.99. The fourth-order valence-corrected chi connectivity index (χ4v) is 1.80. The van der Waals surface area contributed by atoms with E-state index >= 15 is 0 Å². The summed E-state index contributed by atoms with van der Waals surface area (Å²) in [7, 11) is 0. The smallest absolute Gasteiger partial charge is 0.231 e. The average Bonchev–Trinajstić information content (AvgIpc) is 2.79. The molecule has 0 amide bonds. The Labute approximate surface area is 99.6 Å². The zero-order chi connectivity index (χ0) is 11.4. The van der Waals surface area contributed by atoms with Crippen LogP contribution < -0.4 is 10.2 Å². The second-order valence-corrected chi connectivity index (χ2v) is 3.93. The van der Waals surface area contributed by atoms with Gasteiger partial charge in [-0.3, -0.25) is 0 Å². The van der Waals surface area contributed by atoms with Crippen molar-refractivity contribution < 1.29 is 0 Å². The minimum absolute atomic E-state index is 0.225. The molecule has 0 aromatic carbocycles. The minimum Gasteiger partial charge on any atom is -0.351 e. The molecule has 0 radical (unpaired) electrons. The highest BCUT2D eigenvalue weighted by molar-refractivity contribution is 6.28. The summed E-state index contributed by atoms with van der Waals surface area (Å²) in [5.74, 6) is 1.16. The topological polar surface area (TPSA) is 53.9 Å². The van der Waals surface area contributed by atoms with Gasteiger partial charge < -0.3 is 10.2 Å². The molecule has 0 saturated carbocycles. The van der Waals surface area contributed by atoms with Crippen molar-refractivity contribution in [3.8, 4) is 0 Å². The van der Waals surface area contributed by atoms with E-state index in [1.54, 1.807) is 6.08 Å². The first-order valence-corrected chi connectivity index (χ1v) is 5.68. The van der Waals surface area contributed by atoms with Gasteiger partial charge in [0.15, 0.2) is 0 Å². The van der Waals surface area contributed by atoms with Crippen molar-refractivity contribution in [3.05, 3.63) is 17.9 Å². The van der Waals surface area contributed by atoms with E-state index in [-0.39, 0.29) is 5.28 Å². The predicted molar refractivity (Wildman–Crippen MR) is 65.0 cm³/mol. The van der Waals surface area contributed by atoms with Crippen LogP contribution in [0.1, 0.15) is 12.8 Å². The molecule has 1 aliphatic heterocycles. The standard InChI is InChI=1S/C10H14ClN5/c1-2-5-12-9-13-8(11)14-10(15-9)16-6-3-4-7-16/h2H,1,3-7H2,(H,12,13,14,15). The lowest BCUT2D eigenvalue weighted by atomic mass is 10.4. The molecule has 1 aromatic rings. The van der Waals surface area contributed by atoms with Gasteiger partial charge in [0, 0.05) is 19.6 Å². The number of hydrogen-bond acceptors (Lipinski definition) is 5. The van der Waals surface area contributed by atoms with E-state index in [2.05, 4.69) is 31.7 Å². The Morgan fingerprint density at radius 2 is 2.06 bits per heavy atom. The number of nitrogens with zero attached hydrogens (tertiary/aromatic N) is 4. The molecular formula is C10H14ClN5. The number of halogens is 1.